The number of nitrogens with one attached hydrogen (secondary N) is 1. The van der Waals surface area contributed by atoms with Crippen LogP contribution in [0.5, 0.6) is 0 Å². The summed E-state index contributed by atoms with van der Waals surface area (Å²) in [6.45, 7) is 3.83. The van der Waals surface area contributed by atoms with E-state index < -0.39 is 0 Å². The molecular formula is C11H21N3O2. The maximum atomic E-state index is 11.7. The molecule has 1 saturated heterocycles. The Hall–Kier alpha value is -1.10. The number of nitrogens with two attached hydrogens (primary N) is 1. The third-order valence-electron chi connectivity index (χ3n) is 2.99. The standard InChI is InChI=1S/C11H21N3O2/c1-9-3-2-5-14(6-4-9)11(16)8-13-10(15)7-12/h9H,2-8,12H2,1H3,(H,13,15). The lowest BCUT2D eigenvalue weighted by Gasteiger charge is -2.20. The summed E-state index contributed by atoms with van der Waals surface area (Å²) in [6.07, 6.45) is 3.28. The highest BCUT2D eigenvalue weighted by Gasteiger charge is 2.18. The van der Waals surface area contributed by atoms with Gasteiger partial charge < -0.3 is 16.0 Å². The van der Waals surface area contributed by atoms with Crippen LogP contribution in [0.15, 0.2) is 0 Å². The number of amides is 2. The number of hydrogen-bond donors (Lipinski definition) is 2. The summed E-state index contributed by atoms with van der Waals surface area (Å²) in [5.74, 6) is 0.406. The highest BCUT2D eigenvalue weighted by atomic mass is 16.2. The molecule has 0 spiro atoms. The molecule has 0 aromatic carbocycles. The zero-order valence-electron chi connectivity index (χ0n) is 9.87. The van der Waals surface area contributed by atoms with E-state index in [1.54, 1.807) is 0 Å². The zero-order valence-corrected chi connectivity index (χ0v) is 9.87. The SMILES string of the molecule is CC1CCCN(C(=O)CNC(=O)CN)CC1. The molecule has 92 valence electrons. The van der Waals surface area contributed by atoms with E-state index in [1.165, 1.54) is 6.42 Å². The number of hydrogen-bond acceptors (Lipinski definition) is 3. The minimum atomic E-state index is -0.281. The average Bonchev–Trinajstić information content (AvgIpc) is 2.50. The average molecular weight is 227 g/mol. The van der Waals surface area contributed by atoms with Crippen LogP contribution < -0.4 is 11.1 Å². The fourth-order valence-electron chi connectivity index (χ4n) is 1.87. The van der Waals surface area contributed by atoms with E-state index >= 15 is 0 Å². The van der Waals surface area contributed by atoms with Gasteiger partial charge in [-0.05, 0) is 25.2 Å². The third kappa shape index (κ3) is 4.18. The van der Waals surface area contributed by atoms with Gasteiger partial charge in [-0.2, -0.15) is 0 Å². The molecule has 0 bridgehead atoms. The van der Waals surface area contributed by atoms with E-state index in [4.69, 9.17) is 5.73 Å². The van der Waals surface area contributed by atoms with Crippen LogP contribution >= 0.6 is 0 Å². The Morgan fingerprint density at radius 1 is 1.38 bits per heavy atom. The molecule has 5 nitrogen and oxygen atoms in total. The largest absolute Gasteiger partial charge is 0.346 e. The Kier molecular flexibility index (Phi) is 5.25. The summed E-state index contributed by atoms with van der Waals surface area (Å²) in [5.41, 5.74) is 5.14. The Morgan fingerprint density at radius 2 is 2.12 bits per heavy atom. The molecule has 2 amide bonds. The molecule has 5 heteroatoms. The van der Waals surface area contributed by atoms with Crippen LogP contribution in [0, 0.1) is 5.92 Å². The van der Waals surface area contributed by atoms with Crippen molar-refractivity contribution < 1.29 is 9.59 Å². The van der Waals surface area contributed by atoms with Gasteiger partial charge in [0.15, 0.2) is 0 Å². The summed E-state index contributed by atoms with van der Waals surface area (Å²) in [6, 6.07) is 0. The maximum Gasteiger partial charge on any atom is 0.241 e. The zero-order chi connectivity index (χ0) is 12.0. The predicted molar refractivity (Wildman–Crippen MR) is 61.7 cm³/mol. The van der Waals surface area contributed by atoms with Crippen molar-refractivity contribution in [3.05, 3.63) is 0 Å². The number of likely N-dealkylation sites (tertiary alicyclic amines) is 1. The van der Waals surface area contributed by atoms with Gasteiger partial charge in [0.25, 0.3) is 0 Å². The van der Waals surface area contributed by atoms with E-state index in [-0.39, 0.29) is 24.9 Å². The van der Waals surface area contributed by atoms with Crippen molar-refractivity contribution in [2.45, 2.75) is 26.2 Å². The van der Waals surface area contributed by atoms with Gasteiger partial charge in [-0.25, -0.2) is 0 Å². The first-order chi connectivity index (χ1) is 7.63. The third-order valence-corrected chi connectivity index (χ3v) is 2.99. The first-order valence-electron chi connectivity index (χ1n) is 5.88. The molecule has 1 aliphatic rings. The van der Waals surface area contributed by atoms with E-state index in [0.29, 0.717) is 5.92 Å². The molecule has 0 aromatic rings. The molecule has 1 rings (SSSR count). The van der Waals surface area contributed by atoms with Gasteiger partial charge in [0, 0.05) is 13.1 Å². The molecule has 1 aliphatic heterocycles. The van der Waals surface area contributed by atoms with Crippen molar-refractivity contribution in [2.24, 2.45) is 11.7 Å². The number of rotatable bonds is 3. The smallest absolute Gasteiger partial charge is 0.241 e. The van der Waals surface area contributed by atoms with Crippen LogP contribution in [0.2, 0.25) is 0 Å². The van der Waals surface area contributed by atoms with Crippen LogP contribution in [0.4, 0.5) is 0 Å². The molecule has 1 unspecified atom stereocenters. The van der Waals surface area contributed by atoms with Gasteiger partial charge in [-0.1, -0.05) is 6.92 Å². The van der Waals surface area contributed by atoms with E-state index in [1.807, 2.05) is 4.90 Å². The van der Waals surface area contributed by atoms with Crippen molar-refractivity contribution in [3.8, 4) is 0 Å². The second-order valence-corrected chi connectivity index (χ2v) is 4.40. The van der Waals surface area contributed by atoms with Crippen LogP contribution in [-0.4, -0.2) is 42.9 Å². The van der Waals surface area contributed by atoms with Gasteiger partial charge in [0.1, 0.15) is 0 Å². The molecule has 1 atom stereocenters. The molecular weight excluding hydrogens is 206 g/mol. The predicted octanol–water partition coefficient (Wildman–Crippen LogP) is -0.290. The summed E-state index contributed by atoms with van der Waals surface area (Å²) in [5, 5.41) is 2.51. The van der Waals surface area contributed by atoms with E-state index in [9.17, 15) is 9.59 Å². The number of nitrogens with zero attached hydrogens (tertiary/aromatic N) is 1. The van der Waals surface area contributed by atoms with Crippen LogP contribution in [0.25, 0.3) is 0 Å². The molecule has 3 N–H and O–H groups in total. The van der Waals surface area contributed by atoms with Gasteiger partial charge in [0.05, 0.1) is 13.1 Å². The summed E-state index contributed by atoms with van der Waals surface area (Å²) >= 11 is 0. The van der Waals surface area contributed by atoms with Crippen molar-refractivity contribution in [1.82, 2.24) is 10.2 Å². The van der Waals surface area contributed by atoms with Crippen LogP contribution in [0.1, 0.15) is 26.2 Å². The molecule has 0 aromatic heterocycles. The van der Waals surface area contributed by atoms with Crippen molar-refractivity contribution in [1.29, 1.82) is 0 Å². The molecule has 1 fully saturated rings. The lowest BCUT2D eigenvalue weighted by atomic mass is 10.0. The summed E-state index contributed by atoms with van der Waals surface area (Å²) in [7, 11) is 0. The lowest BCUT2D eigenvalue weighted by molar-refractivity contribution is -0.132. The van der Waals surface area contributed by atoms with Gasteiger partial charge >= 0.3 is 0 Å². The Morgan fingerprint density at radius 3 is 2.81 bits per heavy atom. The first-order valence-corrected chi connectivity index (χ1v) is 5.88. The number of carbonyl (C=O) groups excluding carboxylic acids is 2. The van der Waals surface area contributed by atoms with Crippen LogP contribution in [0.3, 0.4) is 0 Å². The van der Waals surface area contributed by atoms with E-state index in [2.05, 4.69) is 12.2 Å². The maximum absolute atomic E-state index is 11.7. The Bertz CT molecular complexity index is 256. The monoisotopic (exact) mass is 227 g/mol. The molecule has 16 heavy (non-hydrogen) atoms. The highest BCUT2D eigenvalue weighted by Crippen LogP contribution is 2.16. The van der Waals surface area contributed by atoms with Gasteiger partial charge in [-0.15, -0.1) is 0 Å². The normalized spacial score (nSPS) is 21.4. The second kappa shape index (κ2) is 6.48. The van der Waals surface area contributed by atoms with Crippen molar-refractivity contribution in [2.75, 3.05) is 26.2 Å². The Labute approximate surface area is 96.4 Å². The Balaban J connectivity index is 2.32. The molecule has 0 radical (unpaired) electrons. The number of carbonyl (C=O) groups is 2. The van der Waals surface area contributed by atoms with Gasteiger partial charge in [0.2, 0.25) is 11.8 Å². The summed E-state index contributed by atoms with van der Waals surface area (Å²) < 4.78 is 0. The fourth-order valence-corrected chi connectivity index (χ4v) is 1.87. The minimum Gasteiger partial charge on any atom is -0.346 e. The molecule has 1 heterocycles. The fraction of sp³-hybridized carbons (Fsp3) is 0.818. The minimum absolute atomic E-state index is 0.00380. The highest BCUT2D eigenvalue weighted by molar-refractivity contribution is 5.85. The van der Waals surface area contributed by atoms with Gasteiger partial charge in [-0.3, -0.25) is 9.59 Å². The topological polar surface area (TPSA) is 75.4 Å². The van der Waals surface area contributed by atoms with Crippen molar-refractivity contribution in [3.63, 3.8) is 0 Å². The molecule has 0 saturated carbocycles. The summed E-state index contributed by atoms with van der Waals surface area (Å²) in [4.78, 5) is 24.5. The van der Waals surface area contributed by atoms with Crippen molar-refractivity contribution >= 4 is 11.8 Å². The lowest BCUT2D eigenvalue weighted by Crippen LogP contribution is -2.42. The quantitative estimate of drug-likeness (QED) is 0.695. The van der Waals surface area contributed by atoms with Crippen LogP contribution in [-0.2, 0) is 9.59 Å². The molecule has 0 aliphatic carbocycles. The second-order valence-electron chi connectivity index (χ2n) is 4.40. The first kappa shape index (κ1) is 13.0. The van der Waals surface area contributed by atoms with E-state index in [0.717, 1.165) is 25.9 Å².